The SMILES string of the molecule is c1ccc(-c2nc(-c3ccccc3)nc(-c3cccc4oc5ccc(-c6nc(-c7cccc8c7sc7ccccc78)nc7c6sc6ccccc67)cc5c34)n2)cc1. The van der Waals surface area contributed by atoms with E-state index in [1.807, 2.05) is 72.8 Å². The second-order valence-corrected chi connectivity index (χ2v) is 16.1. The second-order valence-electron chi connectivity index (χ2n) is 14.0. The van der Waals surface area contributed by atoms with Crippen LogP contribution < -0.4 is 0 Å². The van der Waals surface area contributed by atoms with Crippen LogP contribution in [0, 0.1) is 0 Å². The van der Waals surface area contributed by atoms with Crippen molar-refractivity contribution in [2.75, 3.05) is 0 Å². The number of rotatable bonds is 5. The molecule has 8 heteroatoms. The Kier molecular flexibility index (Phi) is 7.17. The van der Waals surface area contributed by atoms with Crippen molar-refractivity contribution >= 4 is 85.1 Å². The zero-order valence-corrected chi connectivity index (χ0v) is 31.7. The lowest BCUT2D eigenvalue weighted by atomic mass is 10.0. The Morgan fingerprint density at radius 2 is 0.965 bits per heavy atom. The molecule has 0 fully saturated rings. The summed E-state index contributed by atoms with van der Waals surface area (Å²) in [6, 6.07) is 56.1. The molecule has 0 unspecified atom stereocenters. The standard InChI is InChI=1S/C49H27N5OS2/c1-3-13-28(14-4-1)46-52-47(29-15-5-2-6-16-29)54-48(53-46)34-20-12-22-38-41(34)36-27-30(25-26-37(36)55-38)42-45-43(33-18-8-10-24-40(33)57-45)51-49(50-42)35-21-11-19-32-31-17-7-9-23-39(31)56-44(32)35/h1-27H. The molecular weight excluding hydrogens is 739 g/mol. The summed E-state index contributed by atoms with van der Waals surface area (Å²) in [5, 5.41) is 5.50. The Bertz CT molecular complexity index is 3480. The van der Waals surface area contributed by atoms with Crippen LogP contribution >= 0.6 is 22.7 Å². The number of benzene rings is 7. The third-order valence-electron chi connectivity index (χ3n) is 10.6. The predicted octanol–water partition coefficient (Wildman–Crippen LogP) is 13.6. The fourth-order valence-corrected chi connectivity index (χ4v) is 10.3. The molecule has 0 aliphatic heterocycles. The van der Waals surface area contributed by atoms with E-state index in [0.717, 1.165) is 71.1 Å². The van der Waals surface area contributed by atoms with E-state index >= 15 is 0 Å². The smallest absolute Gasteiger partial charge is 0.164 e. The van der Waals surface area contributed by atoms with E-state index in [1.165, 1.54) is 24.9 Å². The zero-order valence-electron chi connectivity index (χ0n) is 30.0. The van der Waals surface area contributed by atoms with Crippen molar-refractivity contribution in [2.24, 2.45) is 0 Å². The molecule has 0 bridgehead atoms. The predicted molar refractivity (Wildman–Crippen MR) is 236 cm³/mol. The highest BCUT2D eigenvalue weighted by atomic mass is 32.1. The highest BCUT2D eigenvalue weighted by molar-refractivity contribution is 7.26. The van der Waals surface area contributed by atoms with E-state index < -0.39 is 0 Å². The summed E-state index contributed by atoms with van der Waals surface area (Å²) >= 11 is 3.52. The van der Waals surface area contributed by atoms with Gasteiger partial charge in [0, 0.05) is 68.8 Å². The molecule has 5 aromatic heterocycles. The lowest BCUT2D eigenvalue weighted by Crippen LogP contribution is -2.00. The molecule has 266 valence electrons. The van der Waals surface area contributed by atoms with Crippen molar-refractivity contribution in [3.63, 3.8) is 0 Å². The lowest BCUT2D eigenvalue weighted by molar-refractivity contribution is 0.669. The first-order chi connectivity index (χ1) is 28.2. The summed E-state index contributed by atoms with van der Waals surface area (Å²) in [5.41, 5.74) is 8.10. The van der Waals surface area contributed by atoms with Gasteiger partial charge in [0.2, 0.25) is 0 Å². The largest absolute Gasteiger partial charge is 0.456 e. The van der Waals surface area contributed by atoms with Crippen molar-refractivity contribution in [1.82, 2.24) is 24.9 Å². The van der Waals surface area contributed by atoms with Gasteiger partial charge in [-0.25, -0.2) is 24.9 Å². The first-order valence-corrected chi connectivity index (χ1v) is 20.3. The minimum Gasteiger partial charge on any atom is -0.456 e. The van der Waals surface area contributed by atoms with Gasteiger partial charge in [0.25, 0.3) is 0 Å². The maximum Gasteiger partial charge on any atom is 0.164 e. The molecule has 0 saturated carbocycles. The molecule has 5 heterocycles. The molecule has 0 aliphatic carbocycles. The van der Waals surface area contributed by atoms with Crippen LogP contribution in [0.2, 0.25) is 0 Å². The van der Waals surface area contributed by atoms with E-state index in [-0.39, 0.29) is 0 Å². The quantitative estimate of drug-likeness (QED) is 0.174. The normalized spacial score (nSPS) is 11.9. The maximum absolute atomic E-state index is 6.54. The van der Waals surface area contributed by atoms with E-state index in [4.69, 9.17) is 29.3 Å². The summed E-state index contributed by atoms with van der Waals surface area (Å²) in [4.78, 5) is 25.9. The van der Waals surface area contributed by atoms with Crippen molar-refractivity contribution in [1.29, 1.82) is 0 Å². The van der Waals surface area contributed by atoms with E-state index in [0.29, 0.717) is 23.3 Å². The monoisotopic (exact) mass is 765 g/mol. The van der Waals surface area contributed by atoms with Crippen LogP contribution in [0.5, 0.6) is 0 Å². The molecule has 0 aliphatic rings. The van der Waals surface area contributed by atoms with Gasteiger partial charge in [-0.3, -0.25) is 0 Å². The van der Waals surface area contributed by atoms with Gasteiger partial charge >= 0.3 is 0 Å². The van der Waals surface area contributed by atoms with Gasteiger partial charge in [0.15, 0.2) is 23.3 Å². The molecule has 0 amide bonds. The van der Waals surface area contributed by atoms with Crippen molar-refractivity contribution in [2.45, 2.75) is 0 Å². The van der Waals surface area contributed by atoms with Gasteiger partial charge in [-0.05, 0) is 42.5 Å². The van der Waals surface area contributed by atoms with Gasteiger partial charge in [-0.15, -0.1) is 22.7 Å². The highest BCUT2D eigenvalue weighted by Crippen LogP contribution is 2.44. The topological polar surface area (TPSA) is 77.6 Å². The van der Waals surface area contributed by atoms with Crippen LogP contribution in [0.15, 0.2) is 168 Å². The first-order valence-electron chi connectivity index (χ1n) is 18.7. The maximum atomic E-state index is 6.54. The fourth-order valence-electron chi connectivity index (χ4n) is 7.92. The molecular formula is C49H27N5OS2. The third-order valence-corrected chi connectivity index (χ3v) is 13.0. The number of fused-ring (bicyclic) bond motifs is 9. The van der Waals surface area contributed by atoms with Gasteiger partial charge in [0.1, 0.15) is 11.2 Å². The third kappa shape index (κ3) is 5.19. The van der Waals surface area contributed by atoms with Gasteiger partial charge in [-0.2, -0.15) is 0 Å². The number of thiophene rings is 2. The first kappa shape index (κ1) is 32.1. The molecule has 0 spiro atoms. The highest BCUT2D eigenvalue weighted by Gasteiger charge is 2.22. The summed E-state index contributed by atoms with van der Waals surface area (Å²) in [6.07, 6.45) is 0. The number of hydrogen-bond acceptors (Lipinski definition) is 8. The summed E-state index contributed by atoms with van der Waals surface area (Å²) in [6.45, 7) is 0. The average Bonchev–Trinajstić information content (AvgIpc) is 3.98. The molecule has 7 aromatic carbocycles. The molecule has 12 rings (SSSR count). The Morgan fingerprint density at radius 1 is 0.368 bits per heavy atom. The minimum absolute atomic E-state index is 0.578. The van der Waals surface area contributed by atoms with Gasteiger partial charge in [-0.1, -0.05) is 121 Å². The zero-order chi connectivity index (χ0) is 37.5. The minimum atomic E-state index is 0.578. The van der Waals surface area contributed by atoms with E-state index in [9.17, 15) is 0 Å². The Labute approximate surface area is 333 Å². The lowest BCUT2D eigenvalue weighted by Gasteiger charge is -2.10. The van der Waals surface area contributed by atoms with Crippen molar-refractivity contribution in [3.05, 3.63) is 164 Å². The van der Waals surface area contributed by atoms with Crippen LogP contribution in [0.4, 0.5) is 0 Å². The van der Waals surface area contributed by atoms with Gasteiger partial charge < -0.3 is 4.42 Å². The molecule has 0 saturated heterocycles. The van der Waals surface area contributed by atoms with Crippen LogP contribution in [0.25, 0.3) is 119 Å². The second kappa shape index (κ2) is 12.7. The number of nitrogens with zero attached hydrogens (tertiary/aromatic N) is 5. The summed E-state index contributed by atoms with van der Waals surface area (Å²) in [5.74, 6) is 2.51. The van der Waals surface area contributed by atoms with Gasteiger partial charge in [0.05, 0.1) is 15.9 Å². The fraction of sp³-hybridized carbons (Fsp3) is 0. The molecule has 0 radical (unpaired) electrons. The molecule has 12 aromatic rings. The molecule has 6 nitrogen and oxygen atoms in total. The number of furan rings is 1. The van der Waals surface area contributed by atoms with Crippen molar-refractivity contribution < 1.29 is 4.42 Å². The van der Waals surface area contributed by atoms with Crippen LogP contribution in [-0.2, 0) is 0 Å². The van der Waals surface area contributed by atoms with Crippen molar-refractivity contribution in [3.8, 4) is 56.8 Å². The molecule has 57 heavy (non-hydrogen) atoms. The average molecular weight is 766 g/mol. The number of aromatic nitrogens is 5. The molecule has 0 N–H and O–H groups in total. The van der Waals surface area contributed by atoms with E-state index in [2.05, 4.69) is 91.0 Å². The Balaban J connectivity index is 1.10. The summed E-state index contributed by atoms with van der Waals surface area (Å²) in [7, 11) is 0. The van der Waals surface area contributed by atoms with Crippen LogP contribution in [-0.4, -0.2) is 24.9 Å². The Morgan fingerprint density at radius 3 is 1.74 bits per heavy atom. The van der Waals surface area contributed by atoms with E-state index in [1.54, 1.807) is 22.7 Å². The molecule has 0 atom stereocenters. The van der Waals surface area contributed by atoms with Crippen LogP contribution in [0.1, 0.15) is 0 Å². The Hall–Kier alpha value is -7.13. The summed E-state index contributed by atoms with van der Waals surface area (Å²) < 4.78 is 11.2. The number of hydrogen-bond donors (Lipinski definition) is 0. The van der Waals surface area contributed by atoms with Crippen LogP contribution in [0.3, 0.4) is 0 Å².